The fourth-order valence-electron chi connectivity index (χ4n) is 8.07. The van der Waals surface area contributed by atoms with Crippen LogP contribution in [0.2, 0.25) is 0 Å². The average molecular weight is 943 g/mol. The fraction of sp³-hybridized carbons (Fsp3) is 0.373. The molecule has 9 N–H and O–H groups in total. The molecule has 1 fully saturated rings. The number of carbonyl (C=O) groups excluding carboxylic acids is 4. The molecule has 0 radical (unpaired) electrons. The highest BCUT2D eigenvalue weighted by Crippen LogP contribution is 2.32. The van der Waals surface area contributed by atoms with E-state index in [9.17, 15) is 29.4 Å². The number of phenolic OH excluding ortho intramolecular Hbond substituents is 1. The SMILES string of the molecule is Cc1ncsc1-c1ccc([C@H](C)NC(=O)[C@@H]2C[C@@H](O)CN2C(=O)[C@@H](NC(=O)CCCCCCNC(=O)C(N=C/C(=C\N)c2cc(-c3ccccc3O)nnc2N)c2ccccc2)C(C)(C)C)cc1. The van der Waals surface area contributed by atoms with E-state index >= 15 is 0 Å². The van der Waals surface area contributed by atoms with E-state index in [1.54, 1.807) is 41.7 Å². The van der Waals surface area contributed by atoms with Gasteiger partial charge in [-0.15, -0.1) is 21.5 Å². The number of nitrogen functional groups attached to an aromatic ring is 1. The molecule has 3 aromatic carbocycles. The minimum absolute atomic E-state index is 0.0153. The van der Waals surface area contributed by atoms with E-state index in [0.29, 0.717) is 53.8 Å². The van der Waals surface area contributed by atoms with Gasteiger partial charge >= 0.3 is 0 Å². The summed E-state index contributed by atoms with van der Waals surface area (Å²) in [4.78, 5) is 66.2. The van der Waals surface area contributed by atoms with Crippen molar-refractivity contribution in [3.63, 3.8) is 0 Å². The van der Waals surface area contributed by atoms with E-state index < -0.39 is 35.6 Å². The van der Waals surface area contributed by atoms with Gasteiger partial charge in [-0.25, -0.2) is 4.98 Å². The normalized spacial score (nSPS) is 16.6. The first-order chi connectivity index (χ1) is 32.5. The van der Waals surface area contributed by atoms with Crippen molar-refractivity contribution in [2.75, 3.05) is 18.8 Å². The van der Waals surface area contributed by atoms with Crippen LogP contribution in [0.3, 0.4) is 0 Å². The highest BCUT2D eigenvalue weighted by Gasteiger charge is 2.44. The number of hydrogen-bond donors (Lipinski definition) is 7. The number of aromatic nitrogens is 3. The summed E-state index contributed by atoms with van der Waals surface area (Å²) < 4.78 is 0. The third-order valence-corrected chi connectivity index (χ3v) is 12.9. The van der Waals surface area contributed by atoms with Gasteiger partial charge in [0.05, 0.1) is 33.9 Å². The van der Waals surface area contributed by atoms with E-state index in [0.717, 1.165) is 28.1 Å². The van der Waals surface area contributed by atoms with Gasteiger partial charge in [-0.05, 0) is 67.0 Å². The highest BCUT2D eigenvalue weighted by atomic mass is 32.1. The summed E-state index contributed by atoms with van der Waals surface area (Å²) in [6.45, 7) is 9.78. The molecule has 5 aromatic rings. The van der Waals surface area contributed by atoms with Crippen LogP contribution in [0.1, 0.15) is 101 Å². The number of allylic oxidation sites excluding steroid dienone is 1. The first-order valence-corrected chi connectivity index (χ1v) is 23.7. The molecular formula is C51H62N10O6S. The van der Waals surface area contributed by atoms with Crippen molar-refractivity contribution >= 4 is 52.6 Å². The number of nitrogens with one attached hydrogen (secondary N) is 3. The number of benzene rings is 3. The quantitative estimate of drug-likeness (QED) is 0.0352. The molecule has 4 amide bonds. The smallest absolute Gasteiger partial charge is 0.249 e. The van der Waals surface area contributed by atoms with Crippen molar-refractivity contribution in [2.24, 2.45) is 16.1 Å². The zero-order valence-electron chi connectivity index (χ0n) is 39.2. The number of carbonyl (C=O) groups is 4. The second kappa shape index (κ2) is 23.2. The molecule has 0 aliphatic carbocycles. The Kier molecular flexibility index (Phi) is 17.2. The molecule has 5 atom stereocenters. The molecule has 0 spiro atoms. The van der Waals surface area contributed by atoms with E-state index in [-0.39, 0.29) is 54.7 Å². The predicted octanol–water partition coefficient (Wildman–Crippen LogP) is 6.41. The molecule has 1 unspecified atom stereocenters. The van der Waals surface area contributed by atoms with Gasteiger partial charge in [0.25, 0.3) is 0 Å². The Labute approximate surface area is 401 Å². The topological polar surface area (TPSA) is 251 Å². The van der Waals surface area contributed by atoms with Crippen molar-refractivity contribution in [1.29, 1.82) is 0 Å². The van der Waals surface area contributed by atoms with Gasteiger partial charge in [0.15, 0.2) is 11.9 Å². The first-order valence-electron chi connectivity index (χ1n) is 22.8. The number of aliphatic hydroxyl groups excluding tert-OH is 1. The molecule has 1 aliphatic rings. The van der Waals surface area contributed by atoms with Crippen LogP contribution in [0.4, 0.5) is 5.82 Å². The minimum atomic E-state index is -0.928. The zero-order chi connectivity index (χ0) is 49.0. The summed E-state index contributed by atoms with van der Waals surface area (Å²) >= 11 is 1.57. The molecule has 1 aliphatic heterocycles. The number of aliphatic imine (C=N–C) groups is 1. The molecule has 68 heavy (non-hydrogen) atoms. The number of hydrogen-bond acceptors (Lipinski definition) is 13. The van der Waals surface area contributed by atoms with Crippen LogP contribution in [0.5, 0.6) is 5.75 Å². The molecule has 2 aromatic heterocycles. The summed E-state index contributed by atoms with van der Waals surface area (Å²) in [5.74, 6) is -1.26. The summed E-state index contributed by atoms with van der Waals surface area (Å²) in [7, 11) is 0. The number of aryl methyl sites for hydroxylation is 1. The highest BCUT2D eigenvalue weighted by molar-refractivity contribution is 7.13. The van der Waals surface area contributed by atoms with Gasteiger partial charge < -0.3 is 42.5 Å². The van der Waals surface area contributed by atoms with E-state index in [1.165, 1.54) is 17.3 Å². The lowest BCUT2D eigenvalue weighted by atomic mass is 9.85. The second-order valence-corrected chi connectivity index (χ2v) is 19.0. The first kappa shape index (κ1) is 50.4. The predicted molar refractivity (Wildman–Crippen MR) is 266 cm³/mol. The molecule has 16 nitrogen and oxygen atoms in total. The van der Waals surface area contributed by atoms with Crippen molar-refractivity contribution < 1.29 is 29.4 Å². The number of β-amino-alcohol motifs (C(OH)–C–C–N with tert-alkyl or cyclic N) is 1. The molecule has 17 heteroatoms. The largest absolute Gasteiger partial charge is 0.507 e. The monoisotopic (exact) mass is 942 g/mol. The Bertz CT molecular complexity index is 2590. The fourth-order valence-corrected chi connectivity index (χ4v) is 8.88. The number of likely N-dealkylation sites (tertiary alicyclic amines) is 1. The number of rotatable bonds is 19. The number of para-hydroxylation sites is 1. The molecule has 0 saturated carbocycles. The van der Waals surface area contributed by atoms with Gasteiger partial charge in [0.1, 0.15) is 17.8 Å². The summed E-state index contributed by atoms with van der Waals surface area (Å²) in [6.07, 6.45) is 4.84. The average Bonchev–Trinajstić information content (AvgIpc) is 3.94. The Balaban J connectivity index is 0.978. The number of unbranched alkanes of at least 4 members (excludes halogenated alkanes) is 3. The van der Waals surface area contributed by atoms with Crippen LogP contribution in [-0.4, -0.2) is 91.4 Å². The van der Waals surface area contributed by atoms with Gasteiger partial charge in [-0.2, -0.15) is 0 Å². The number of aromatic hydroxyl groups is 1. The number of phenols is 1. The van der Waals surface area contributed by atoms with Crippen molar-refractivity contribution in [3.05, 3.63) is 119 Å². The van der Waals surface area contributed by atoms with Crippen molar-refractivity contribution in [3.8, 4) is 27.4 Å². The lowest BCUT2D eigenvalue weighted by molar-refractivity contribution is -0.144. The van der Waals surface area contributed by atoms with E-state index in [4.69, 9.17) is 11.5 Å². The van der Waals surface area contributed by atoms with Crippen molar-refractivity contribution in [1.82, 2.24) is 36.0 Å². The molecule has 6 rings (SSSR count). The van der Waals surface area contributed by atoms with Gasteiger partial charge in [0, 0.05) is 55.0 Å². The van der Waals surface area contributed by atoms with Gasteiger partial charge in [-0.1, -0.05) is 100 Å². The van der Waals surface area contributed by atoms with Crippen LogP contribution < -0.4 is 27.4 Å². The van der Waals surface area contributed by atoms with Crippen LogP contribution in [0.25, 0.3) is 27.3 Å². The number of amides is 4. The Morgan fingerprint density at radius 1 is 0.941 bits per heavy atom. The Hall–Kier alpha value is -6.98. The number of nitrogens with two attached hydrogens (primary N) is 2. The maximum absolute atomic E-state index is 14.1. The van der Waals surface area contributed by atoms with Crippen LogP contribution >= 0.6 is 11.3 Å². The Morgan fingerprint density at radius 3 is 2.32 bits per heavy atom. The number of aliphatic hydroxyl groups is 1. The number of anilines is 1. The summed E-state index contributed by atoms with van der Waals surface area (Å²) in [6, 6.07) is 22.3. The summed E-state index contributed by atoms with van der Waals surface area (Å²) in [5, 5.41) is 38.2. The molecular weight excluding hydrogens is 881 g/mol. The van der Waals surface area contributed by atoms with E-state index in [1.807, 2.05) is 94.7 Å². The maximum Gasteiger partial charge on any atom is 0.249 e. The second-order valence-electron chi connectivity index (χ2n) is 18.1. The summed E-state index contributed by atoms with van der Waals surface area (Å²) in [5.41, 5.74) is 18.6. The van der Waals surface area contributed by atoms with Crippen LogP contribution in [0, 0.1) is 12.3 Å². The lowest BCUT2D eigenvalue weighted by Crippen LogP contribution is -2.57. The maximum atomic E-state index is 14.1. The zero-order valence-corrected chi connectivity index (χ0v) is 40.0. The minimum Gasteiger partial charge on any atom is -0.507 e. The third kappa shape index (κ3) is 12.9. The molecule has 358 valence electrons. The molecule has 3 heterocycles. The third-order valence-electron chi connectivity index (χ3n) is 11.9. The standard InChI is InChI=1S/C51H62N10O6S/c1-31(33-20-22-35(23-21-33)45-32(2)56-30-68-45)57-48(65)41-25-37(62)29-61(41)50(67)46(51(3,4)5)58-43(64)19-11-6-7-14-24-54-49(66)44(34-15-9-8-10-16-34)55-28-36(27-52)39-26-40(59-60-47(39)53)38-17-12-13-18-42(38)63/h8-10,12-13,15-18,20-23,26-28,30-31,37,41,44,46,62-63H,6-7,11,14,19,24-25,29,52H2,1-5H3,(H2,53,60)(H,54,66)(H,57,65)(H,58,64)/b36-27+,55-28?/t31-,37+,41-,44?,46+/m0/s1. The number of thiazole rings is 1. The number of nitrogens with zero attached hydrogens (tertiary/aromatic N) is 5. The van der Waals surface area contributed by atoms with Gasteiger partial charge in [0.2, 0.25) is 23.6 Å². The Morgan fingerprint density at radius 2 is 1.65 bits per heavy atom. The van der Waals surface area contributed by atoms with Gasteiger partial charge in [-0.3, -0.25) is 24.2 Å². The van der Waals surface area contributed by atoms with E-state index in [2.05, 4.69) is 36.1 Å². The van der Waals surface area contributed by atoms with Crippen LogP contribution in [-0.2, 0) is 19.2 Å². The van der Waals surface area contributed by atoms with Crippen LogP contribution in [0.15, 0.2) is 102 Å². The molecule has 1 saturated heterocycles. The lowest BCUT2D eigenvalue weighted by Gasteiger charge is -2.35. The molecule has 0 bridgehead atoms. The van der Waals surface area contributed by atoms with Crippen molar-refractivity contribution in [2.45, 2.75) is 103 Å².